The van der Waals surface area contributed by atoms with Gasteiger partial charge in [0.1, 0.15) is 0 Å². The lowest BCUT2D eigenvalue weighted by Crippen LogP contribution is -1.82. The van der Waals surface area contributed by atoms with Crippen LogP contribution in [0.2, 0.25) is 0 Å². The van der Waals surface area contributed by atoms with Crippen molar-refractivity contribution in [3.63, 3.8) is 0 Å². The molecule has 0 radical (unpaired) electrons. The summed E-state index contributed by atoms with van der Waals surface area (Å²) in [4.78, 5) is 0. The summed E-state index contributed by atoms with van der Waals surface area (Å²) in [7, 11) is 0. The van der Waals surface area contributed by atoms with E-state index in [2.05, 4.69) is 26.3 Å². The quantitative estimate of drug-likeness (QED) is 0.497. The lowest BCUT2D eigenvalue weighted by Gasteiger charge is -2.01. The molecule has 100 valence electrons. The molecule has 0 aliphatic heterocycles. The number of hydrogen-bond acceptors (Lipinski definition) is 0. The Hall–Kier alpha value is -2.08. The van der Waals surface area contributed by atoms with Gasteiger partial charge < -0.3 is 0 Å². The van der Waals surface area contributed by atoms with Crippen LogP contribution in [0.15, 0.2) is 96.7 Å². The zero-order valence-corrected chi connectivity index (χ0v) is 12.4. The molecule has 0 unspecified atom stereocenters. The summed E-state index contributed by atoms with van der Waals surface area (Å²) < 4.78 is 0. The van der Waals surface area contributed by atoms with Crippen molar-refractivity contribution in [3.05, 3.63) is 96.7 Å². The Morgan fingerprint density at radius 1 is 0.737 bits per heavy atom. The van der Waals surface area contributed by atoms with Gasteiger partial charge in [0.15, 0.2) is 0 Å². The molecular weight excluding hydrogens is 228 g/mol. The summed E-state index contributed by atoms with van der Waals surface area (Å²) in [5.74, 6) is 0. The smallest absolute Gasteiger partial charge is 0.0262 e. The zero-order valence-electron chi connectivity index (χ0n) is 12.4. The Morgan fingerprint density at radius 2 is 1.21 bits per heavy atom. The molecule has 0 aliphatic rings. The van der Waals surface area contributed by atoms with Crippen molar-refractivity contribution >= 4 is 0 Å². The van der Waals surface area contributed by atoms with Crippen molar-refractivity contribution in [1.82, 2.24) is 0 Å². The van der Waals surface area contributed by atoms with Crippen LogP contribution in [0.3, 0.4) is 0 Å². The molecule has 0 N–H and O–H groups in total. The first kappa shape index (κ1) is 16.9. The minimum absolute atomic E-state index is 0.873. The molecule has 0 saturated carbocycles. The van der Waals surface area contributed by atoms with E-state index in [4.69, 9.17) is 0 Å². The Morgan fingerprint density at radius 3 is 1.68 bits per heavy atom. The Bertz CT molecular complexity index is 488. The Kier molecular flexibility index (Phi) is 7.95. The zero-order chi connectivity index (χ0) is 14.8. The van der Waals surface area contributed by atoms with Crippen LogP contribution >= 0.6 is 0 Å². The second kappa shape index (κ2) is 8.93. The van der Waals surface area contributed by atoms with Crippen LogP contribution in [0.4, 0.5) is 0 Å². The van der Waals surface area contributed by atoms with E-state index in [-0.39, 0.29) is 0 Å². The summed E-state index contributed by atoms with van der Waals surface area (Å²) in [5, 5.41) is 0. The molecule has 0 aromatic carbocycles. The lowest BCUT2D eigenvalue weighted by atomic mass is 10.0. The Balaban J connectivity index is 4.65. The fraction of sp³-hybridized carbons (Fsp3) is 0.158. The van der Waals surface area contributed by atoms with Crippen LogP contribution < -0.4 is 0 Å². The molecule has 0 saturated heterocycles. The van der Waals surface area contributed by atoms with Crippen molar-refractivity contribution < 1.29 is 0 Å². The maximum Gasteiger partial charge on any atom is -0.0262 e. The van der Waals surface area contributed by atoms with Crippen molar-refractivity contribution in [2.45, 2.75) is 20.8 Å². The molecule has 0 spiro atoms. The highest BCUT2D eigenvalue weighted by molar-refractivity contribution is 5.47. The maximum atomic E-state index is 4.02. The summed E-state index contributed by atoms with van der Waals surface area (Å²) in [6.07, 6.45) is 13.7. The maximum absolute atomic E-state index is 4.02. The topological polar surface area (TPSA) is 0 Å². The first-order valence-electron chi connectivity index (χ1n) is 6.27. The Labute approximate surface area is 118 Å². The molecule has 0 aromatic rings. The highest BCUT2D eigenvalue weighted by atomic mass is 14.0. The van der Waals surface area contributed by atoms with E-state index in [9.17, 15) is 0 Å². The standard InChI is InChI=1S/C19H24/c1-8-9-10-16(4)18(6)13-14-19(7)17(5)12-11-15(2)3/h8-14H,2,5-7H2,1,3-4H3/b9-8-,12-11-,14-13-,16-10+. The normalized spacial score (nSPS) is 12.5. The highest BCUT2D eigenvalue weighted by Crippen LogP contribution is 2.14. The second-order valence-electron chi connectivity index (χ2n) is 4.46. The molecule has 0 fully saturated rings. The largest absolute Gasteiger partial charge is 0.0961 e. The van der Waals surface area contributed by atoms with Crippen LogP contribution in [0, 0.1) is 0 Å². The molecule has 0 heterocycles. The lowest BCUT2D eigenvalue weighted by molar-refractivity contribution is 1.43. The molecule has 0 bridgehead atoms. The first-order chi connectivity index (χ1) is 8.88. The molecule has 0 aliphatic carbocycles. The van der Waals surface area contributed by atoms with Gasteiger partial charge in [-0.15, -0.1) is 0 Å². The number of rotatable bonds is 7. The molecule has 0 atom stereocenters. The van der Waals surface area contributed by atoms with Crippen molar-refractivity contribution in [3.8, 4) is 0 Å². The van der Waals surface area contributed by atoms with Crippen LogP contribution in [0.5, 0.6) is 0 Å². The van der Waals surface area contributed by atoms with E-state index in [1.807, 2.05) is 63.3 Å². The van der Waals surface area contributed by atoms with Crippen molar-refractivity contribution in [2.24, 2.45) is 0 Å². The van der Waals surface area contributed by atoms with Crippen LogP contribution in [-0.2, 0) is 0 Å². The van der Waals surface area contributed by atoms with Gasteiger partial charge in [-0.05, 0) is 43.1 Å². The van der Waals surface area contributed by atoms with Gasteiger partial charge in [0, 0.05) is 0 Å². The minimum Gasteiger partial charge on any atom is -0.0961 e. The minimum atomic E-state index is 0.873. The third kappa shape index (κ3) is 7.77. The molecule has 19 heavy (non-hydrogen) atoms. The summed E-state index contributed by atoms with van der Waals surface area (Å²) in [6, 6.07) is 0. The summed E-state index contributed by atoms with van der Waals surface area (Å²) >= 11 is 0. The van der Waals surface area contributed by atoms with Crippen LogP contribution in [-0.4, -0.2) is 0 Å². The monoisotopic (exact) mass is 252 g/mol. The van der Waals surface area contributed by atoms with E-state index in [0.29, 0.717) is 0 Å². The molecule has 0 nitrogen and oxygen atoms in total. The molecule has 0 rings (SSSR count). The van der Waals surface area contributed by atoms with Gasteiger partial charge in [-0.3, -0.25) is 0 Å². The van der Waals surface area contributed by atoms with Crippen LogP contribution in [0.25, 0.3) is 0 Å². The van der Waals surface area contributed by atoms with E-state index in [1.54, 1.807) is 0 Å². The second-order valence-corrected chi connectivity index (χ2v) is 4.46. The molecule has 0 aromatic heterocycles. The summed E-state index contributed by atoms with van der Waals surface area (Å²) in [5.41, 5.74) is 4.84. The average Bonchev–Trinajstić information content (AvgIpc) is 2.38. The van der Waals surface area contributed by atoms with Crippen molar-refractivity contribution in [1.29, 1.82) is 0 Å². The summed E-state index contributed by atoms with van der Waals surface area (Å²) in [6.45, 7) is 21.7. The van der Waals surface area contributed by atoms with Crippen LogP contribution in [0.1, 0.15) is 20.8 Å². The fourth-order valence-corrected chi connectivity index (χ4v) is 1.14. The highest BCUT2D eigenvalue weighted by Gasteiger charge is 1.94. The van der Waals surface area contributed by atoms with Gasteiger partial charge >= 0.3 is 0 Å². The van der Waals surface area contributed by atoms with Gasteiger partial charge in [-0.25, -0.2) is 0 Å². The van der Waals surface area contributed by atoms with Gasteiger partial charge in [0.05, 0.1) is 0 Å². The van der Waals surface area contributed by atoms with Gasteiger partial charge in [-0.2, -0.15) is 0 Å². The third-order valence-corrected chi connectivity index (χ3v) is 2.51. The van der Waals surface area contributed by atoms with Gasteiger partial charge in [0.2, 0.25) is 0 Å². The average molecular weight is 252 g/mol. The predicted molar refractivity (Wildman–Crippen MR) is 89.1 cm³/mol. The molecule has 0 amide bonds. The molecular formula is C19H24. The third-order valence-electron chi connectivity index (χ3n) is 2.51. The van der Waals surface area contributed by atoms with E-state index in [1.165, 1.54) is 0 Å². The first-order valence-corrected chi connectivity index (χ1v) is 6.27. The number of allylic oxidation sites excluding steroid dienone is 12. The van der Waals surface area contributed by atoms with Gasteiger partial charge in [-0.1, -0.05) is 74.4 Å². The van der Waals surface area contributed by atoms with E-state index >= 15 is 0 Å². The van der Waals surface area contributed by atoms with Crippen molar-refractivity contribution in [2.75, 3.05) is 0 Å². The SMILES string of the molecule is C=C(C)/C=C\C(=C)C(=C)/C=C\C(=C)/C(C)=C/C=C\C. The van der Waals surface area contributed by atoms with Gasteiger partial charge in [0.25, 0.3) is 0 Å². The van der Waals surface area contributed by atoms with E-state index < -0.39 is 0 Å². The number of hydrogen-bond donors (Lipinski definition) is 0. The van der Waals surface area contributed by atoms with E-state index in [0.717, 1.165) is 27.9 Å². The molecule has 0 heteroatoms. The fourth-order valence-electron chi connectivity index (χ4n) is 1.14. The predicted octanol–water partition coefficient (Wildman–Crippen LogP) is 5.87.